The molecule has 0 aliphatic heterocycles. The van der Waals surface area contributed by atoms with Gasteiger partial charge in [-0.3, -0.25) is 0 Å². The molecule has 1 heterocycles. The molecule has 12 heteroatoms. The van der Waals surface area contributed by atoms with Gasteiger partial charge in [-0.2, -0.15) is 30.7 Å². The molecule has 0 aromatic carbocycles. The van der Waals surface area contributed by atoms with E-state index in [-0.39, 0.29) is 11.3 Å². The van der Waals surface area contributed by atoms with E-state index in [1.54, 1.807) is 0 Å². The van der Waals surface area contributed by atoms with Gasteiger partial charge in [0.2, 0.25) is 0 Å². The Morgan fingerprint density at radius 1 is 1.16 bits per heavy atom. The van der Waals surface area contributed by atoms with E-state index < -0.39 is 39.0 Å². The van der Waals surface area contributed by atoms with Crippen LogP contribution in [0.1, 0.15) is 15.4 Å². The third-order valence-corrected chi connectivity index (χ3v) is 2.99. The van der Waals surface area contributed by atoms with Crippen LogP contribution < -0.4 is 0 Å². The molecule has 108 valence electrons. The molecule has 1 N–H and O–H groups in total. The summed E-state index contributed by atoms with van der Waals surface area (Å²) in [5, 5.41) is 8.46. The number of aromatic nitrogens is 1. The van der Waals surface area contributed by atoms with E-state index in [4.69, 9.17) is 16.7 Å². The van der Waals surface area contributed by atoms with Crippen molar-refractivity contribution in [2.45, 2.75) is 18.0 Å². The SMILES string of the molecule is O=C(O)c1sc(Cl)nc1C(F)(F)C(F)(F)C(F)(F)F. The molecule has 0 bridgehead atoms. The smallest absolute Gasteiger partial charge is 0.460 e. The van der Waals surface area contributed by atoms with Crippen molar-refractivity contribution in [3.05, 3.63) is 15.0 Å². The van der Waals surface area contributed by atoms with Crippen LogP contribution in [0.5, 0.6) is 0 Å². The van der Waals surface area contributed by atoms with Gasteiger partial charge in [-0.25, -0.2) is 9.78 Å². The van der Waals surface area contributed by atoms with Crippen molar-refractivity contribution < 1.29 is 40.6 Å². The van der Waals surface area contributed by atoms with Gasteiger partial charge in [-0.1, -0.05) is 22.9 Å². The Balaban J connectivity index is 3.47. The molecule has 1 rings (SSSR count). The number of hydrogen-bond acceptors (Lipinski definition) is 3. The Kier molecular flexibility index (Phi) is 3.76. The topological polar surface area (TPSA) is 50.2 Å². The predicted molar refractivity (Wildman–Crippen MR) is 49.0 cm³/mol. The van der Waals surface area contributed by atoms with Crippen LogP contribution in [0.15, 0.2) is 0 Å². The van der Waals surface area contributed by atoms with Crippen LogP contribution in [-0.2, 0) is 5.92 Å². The lowest BCUT2D eigenvalue weighted by atomic mass is 10.1. The minimum atomic E-state index is -6.58. The summed E-state index contributed by atoms with van der Waals surface area (Å²) in [4.78, 5) is 11.6. The van der Waals surface area contributed by atoms with E-state index >= 15 is 0 Å². The number of alkyl halides is 7. The van der Waals surface area contributed by atoms with Crippen LogP contribution in [0.2, 0.25) is 4.47 Å². The molecule has 0 atom stereocenters. The minimum Gasteiger partial charge on any atom is -0.477 e. The van der Waals surface area contributed by atoms with Gasteiger partial charge in [-0.15, -0.1) is 0 Å². The maximum Gasteiger partial charge on any atom is 0.460 e. The molecular weight excluding hydrogens is 331 g/mol. The molecule has 0 spiro atoms. The second-order valence-electron chi connectivity index (χ2n) is 3.10. The Hall–Kier alpha value is -1.10. The molecule has 0 unspecified atom stereocenters. The first-order valence-electron chi connectivity index (χ1n) is 4.05. The number of carboxylic acids is 1. The van der Waals surface area contributed by atoms with E-state index in [9.17, 15) is 35.5 Å². The highest BCUT2D eigenvalue weighted by molar-refractivity contribution is 7.17. The summed E-state index contributed by atoms with van der Waals surface area (Å²) in [6.45, 7) is 0. The number of thiazole rings is 1. The van der Waals surface area contributed by atoms with Crippen LogP contribution >= 0.6 is 22.9 Å². The zero-order valence-corrected chi connectivity index (χ0v) is 9.81. The molecule has 0 radical (unpaired) electrons. The molecule has 3 nitrogen and oxygen atoms in total. The summed E-state index contributed by atoms with van der Waals surface area (Å²) in [7, 11) is 0. The van der Waals surface area contributed by atoms with Gasteiger partial charge < -0.3 is 5.11 Å². The third kappa shape index (κ3) is 2.48. The van der Waals surface area contributed by atoms with E-state index in [1.807, 2.05) is 0 Å². The first-order valence-corrected chi connectivity index (χ1v) is 5.24. The van der Waals surface area contributed by atoms with Crippen LogP contribution in [0.3, 0.4) is 0 Å². The molecule has 0 aliphatic carbocycles. The molecule has 1 aromatic heterocycles. The fourth-order valence-electron chi connectivity index (χ4n) is 0.979. The van der Waals surface area contributed by atoms with Crippen molar-refractivity contribution >= 4 is 28.9 Å². The molecule has 0 fully saturated rings. The fraction of sp³-hybridized carbons (Fsp3) is 0.429. The molecule has 0 saturated carbocycles. The second kappa shape index (κ2) is 4.47. The van der Waals surface area contributed by atoms with Gasteiger partial charge in [0.15, 0.2) is 4.47 Å². The zero-order valence-electron chi connectivity index (χ0n) is 8.23. The molecular formula is C7HClF7NO2S. The monoisotopic (exact) mass is 331 g/mol. The molecule has 19 heavy (non-hydrogen) atoms. The van der Waals surface area contributed by atoms with E-state index in [1.165, 1.54) is 0 Å². The summed E-state index contributed by atoms with van der Waals surface area (Å²) in [6.07, 6.45) is -6.58. The van der Waals surface area contributed by atoms with Crippen molar-refractivity contribution in [3.63, 3.8) is 0 Å². The van der Waals surface area contributed by atoms with Crippen LogP contribution in [0.4, 0.5) is 30.7 Å². The quantitative estimate of drug-likeness (QED) is 0.857. The van der Waals surface area contributed by atoms with Gasteiger partial charge in [-0.05, 0) is 0 Å². The standard InChI is InChI=1S/C7HClF7NO2S/c8-4-16-2(1(19-4)3(17)18)5(9,10)6(11,12)7(13,14)15/h(H,17,18). The number of rotatable bonds is 3. The predicted octanol–water partition coefficient (Wildman–Crippen LogP) is 3.78. The lowest BCUT2D eigenvalue weighted by Crippen LogP contribution is -2.50. The number of carbonyl (C=O) groups is 1. The van der Waals surface area contributed by atoms with Crippen molar-refractivity contribution in [3.8, 4) is 0 Å². The minimum absolute atomic E-state index is 0.150. The Labute approximate surface area is 108 Å². The van der Waals surface area contributed by atoms with Gasteiger partial charge in [0.25, 0.3) is 0 Å². The third-order valence-electron chi connectivity index (χ3n) is 1.84. The second-order valence-corrected chi connectivity index (χ2v) is 4.68. The van der Waals surface area contributed by atoms with Crippen LogP contribution in [-0.4, -0.2) is 28.2 Å². The average molecular weight is 332 g/mol. The van der Waals surface area contributed by atoms with Gasteiger partial charge in [0.05, 0.1) is 0 Å². The molecule has 0 amide bonds. The first kappa shape index (κ1) is 16.0. The summed E-state index contributed by atoms with van der Waals surface area (Å²) < 4.78 is 86.7. The van der Waals surface area contributed by atoms with Gasteiger partial charge in [0, 0.05) is 0 Å². The highest BCUT2D eigenvalue weighted by Crippen LogP contribution is 2.52. The van der Waals surface area contributed by atoms with E-state index in [0.29, 0.717) is 0 Å². The summed E-state index contributed by atoms with van der Waals surface area (Å²) in [5.74, 6) is -14.5. The molecule has 0 saturated heterocycles. The average Bonchev–Trinajstić information content (AvgIpc) is 2.58. The molecule has 1 aromatic rings. The number of halogens is 8. The number of aromatic carboxylic acids is 1. The highest BCUT2D eigenvalue weighted by Gasteiger charge is 2.75. The van der Waals surface area contributed by atoms with Crippen molar-refractivity contribution in [1.29, 1.82) is 0 Å². The largest absolute Gasteiger partial charge is 0.477 e. The zero-order chi connectivity index (χ0) is 15.2. The maximum absolute atomic E-state index is 13.2. The fourth-order valence-corrected chi connectivity index (χ4v) is 1.96. The lowest BCUT2D eigenvalue weighted by molar-refractivity contribution is -0.360. The summed E-state index contributed by atoms with van der Waals surface area (Å²) >= 11 is 4.91. The Morgan fingerprint density at radius 3 is 2.00 bits per heavy atom. The Morgan fingerprint density at radius 2 is 1.63 bits per heavy atom. The number of nitrogens with zero attached hydrogens (tertiary/aromatic N) is 1. The first-order chi connectivity index (χ1) is 8.32. The highest BCUT2D eigenvalue weighted by atomic mass is 35.5. The van der Waals surface area contributed by atoms with Crippen molar-refractivity contribution in [2.75, 3.05) is 0 Å². The van der Waals surface area contributed by atoms with Crippen LogP contribution in [0.25, 0.3) is 0 Å². The van der Waals surface area contributed by atoms with Crippen molar-refractivity contribution in [1.82, 2.24) is 4.98 Å². The van der Waals surface area contributed by atoms with Crippen LogP contribution in [0, 0.1) is 0 Å². The summed E-state index contributed by atoms with van der Waals surface area (Å²) in [6, 6.07) is 0. The molecule has 0 aliphatic rings. The summed E-state index contributed by atoms with van der Waals surface area (Å²) in [5.41, 5.74) is -2.22. The van der Waals surface area contributed by atoms with Gasteiger partial charge >= 0.3 is 24.0 Å². The van der Waals surface area contributed by atoms with E-state index in [0.717, 1.165) is 0 Å². The maximum atomic E-state index is 13.2. The van der Waals surface area contributed by atoms with Crippen molar-refractivity contribution in [2.24, 2.45) is 0 Å². The Bertz CT molecular complexity index is 512. The van der Waals surface area contributed by atoms with Gasteiger partial charge in [0.1, 0.15) is 10.6 Å². The lowest BCUT2D eigenvalue weighted by Gasteiger charge is -2.27. The normalized spacial score (nSPS) is 13.7. The van der Waals surface area contributed by atoms with E-state index in [2.05, 4.69) is 4.98 Å². The number of hydrogen-bond donors (Lipinski definition) is 1. The number of carboxylic acid groups (broad SMARTS) is 1.